The third-order valence-corrected chi connectivity index (χ3v) is 4.47. The second kappa shape index (κ2) is 8.19. The number of rotatable bonds is 6. The van der Waals surface area contributed by atoms with Crippen molar-refractivity contribution in [1.29, 1.82) is 0 Å². The zero-order valence-corrected chi connectivity index (χ0v) is 15.9. The molecule has 1 amide bonds. The van der Waals surface area contributed by atoms with Crippen molar-refractivity contribution in [2.24, 2.45) is 0 Å². The third-order valence-electron chi connectivity index (χ3n) is 4.47. The number of nitrogens with one attached hydrogen (secondary N) is 1. The average molecular weight is 339 g/mol. The molecule has 0 radical (unpaired) electrons. The molecule has 2 aromatic rings. The lowest BCUT2D eigenvalue weighted by molar-refractivity contribution is -0.118. The molecule has 0 saturated heterocycles. The second-order valence-electron chi connectivity index (χ2n) is 7.54. The van der Waals surface area contributed by atoms with Gasteiger partial charge in [0, 0.05) is 5.69 Å². The Morgan fingerprint density at radius 2 is 1.64 bits per heavy atom. The summed E-state index contributed by atoms with van der Waals surface area (Å²) >= 11 is 0. The summed E-state index contributed by atoms with van der Waals surface area (Å²) in [6, 6.07) is 15.9. The first-order chi connectivity index (χ1) is 11.8. The Morgan fingerprint density at radius 3 is 2.16 bits per heavy atom. The fourth-order valence-electron chi connectivity index (χ4n) is 2.53. The molecular formula is C22H29NO2. The Morgan fingerprint density at radius 1 is 1.04 bits per heavy atom. The number of hydrogen-bond donors (Lipinski definition) is 1. The van der Waals surface area contributed by atoms with Crippen molar-refractivity contribution in [3.05, 3.63) is 59.7 Å². The van der Waals surface area contributed by atoms with Gasteiger partial charge in [0.25, 0.3) is 5.91 Å². The summed E-state index contributed by atoms with van der Waals surface area (Å²) in [5.74, 6) is 1.09. The molecule has 3 heteroatoms. The second-order valence-corrected chi connectivity index (χ2v) is 7.54. The van der Waals surface area contributed by atoms with E-state index in [1.807, 2.05) is 36.4 Å². The molecule has 0 spiro atoms. The Balaban J connectivity index is 1.86. The van der Waals surface area contributed by atoms with Crippen LogP contribution in [0.15, 0.2) is 48.5 Å². The minimum atomic E-state index is -0.158. The van der Waals surface area contributed by atoms with E-state index in [9.17, 15) is 4.79 Å². The van der Waals surface area contributed by atoms with E-state index >= 15 is 0 Å². The summed E-state index contributed by atoms with van der Waals surface area (Å²) in [7, 11) is 0. The number of anilines is 1. The standard InChI is InChI=1S/C22H29NO2/c1-6-16(2)17-7-13-20(14-8-17)25-15-21(24)23-19-11-9-18(10-12-19)22(3,4)5/h7-14,16H,6,15H2,1-5H3,(H,23,24). The number of ether oxygens (including phenoxy) is 1. The molecule has 3 nitrogen and oxygen atoms in total. The van der Waals surface area contributed by atoms with Gasteiger partial charge in [-0.25, -0.2) is 0 Å². The van der Waals surface area contributed by atoms with Gasteiger partial charge in [0.15, 0.2) is 6.61 Å². The minimum absolute atomic E-state index is 0.00367. The summed E-state index contributed by atoms with van der Waals surface area (Å²) in [5.41, 5.74) is 3.42. The first-order valence-corrected chi connectivity index (χ1v) is 8.92. The number of carbonyl (C=O) groups excluding carboxylic acids is 1. The van der Waals surface area contributed by atoms with Crippen LogP contribution in [0.2, 0.25) is 0 Å². The first kappa shape index (κ1) is 19.0. The zero-order valence-electron chi connectivity index (χ0n) is 15.9. The molecule has 0 aliphatic carbocycles. The quantitative estimate of drug-likeness (QED) is 0.753. The number of benzene rings is 2. The summed E-state index contributed by atoms with van der Waals surface area (Å²) < 4.78 is 5.57. The topological polar surface area (TPSA) is 38.3 Å². The van der Waals surface area contributed by atoms with Gasteiger partial charge in [0.05, 0.1) is 0 Å². The van der Waals surface area contributed by atoms with E-state index in [4.69, 9.17) is 4.74 Å². The highest BCUT2D eigenvalue weighted by molar-refractivity contribution is 5.91. The molecule has 2 rings (SSSR count). The van der Waals surface area contributed by atoms with Gasteiger partial charge in [-0.2, -0.15) is 0 Å². The number of hydrogen-bond acceptors (Lipinski definition) is 2. The molecule has 0 aliphatic heterocycles. The van der Waals surface area contributed by atoms with Crippen molar-refractivity contribution in [1.82, 2.24) is 0 Å². The van der Waals surface area contributed by atoms with Gasteiger partial charge in [-0.05, 0) is 53.1 Å². The van der Waals surface area contributed by atoms with Crippen LogP contribution in [0.5, 0.6) is 5.75 Å². The molecule has 1 N–H and O–H groups in total. The molecule has 1 unspecified atom stereocenters. The van der Waals surface area contributed by atoms with Crippen molar-refractivity contribution in [3.63, 3.8) is 0 Å². The Hall–Kier alpha value is -2.29. The summed E-state index contributed by atoms with van der Waals surface area (Å²) in [6.07, 6.45) is 1.11. The van der Waals surface area contributed by atoms with Gasteiger partial charge < -0.3 is 10.1 Å². The predicted molar refractivity (Wildman–Crippen MR) is 104 cm³/mol. The monoisotopic (exact) mass is 339 g/mol. The van der Waals surface area contributed by atoms with Crippen molar-refractivity contribution in [3.8, 4) is 5.75 Å². The smallest absolute Gasteiger partial charge is 0.262 e. The van der Waals surface area contributed by atoms with E-state index in [-0.39, 0.29) is 17.9 Å². The fourth-order valence-corrected chi connectivity index (χ4v) is 2.53. The Kier molecular flexibility index (Phi) is 6.24. The molecular weight excluding hydrogens is 310 g/mol. The van der Waals surface area contributed by atoms with Gasteiger partial charge in [0.1, 0.15) is 5.75 Å². The van der Waals surface area contributed by atoms with Gasteiger partial charge in [-0.1, -0.05) is 58.9 Å². The van der Waals surface area contributed by atoms with Crippen LogP contribution in [-0.2, 0) is 10.2 Å². The van der Waals surface area contributed by atoms with Crippen LogP contribution in [0.1, 0.15) is 58.1 Å². The third kappa shape index (κ3) is 5.63. The van der Waals surface area contributed by atoms with Crippen LogP contribution in [0, 0.1) is 0 Å². The van der Waals surface area contributed by atoms with E-state index < -0.39 is 0 Å². The lowest BCUT2D eigenvalue weighted by Gasteiger charge is -2.19. The van der Waals surface area contributed by atoms with Gasteiger partial charge in [-0.15, -0.1) is 0 Å². The molecule has 25 heavy (non-hydrogen) atoms. The lowest BCUT2D eigenvalue weighted by atomic mass is 9.87. The molecule has 0 bridgehead atoms. The maximum absolute atomic E-state index is 12.1. The van der Waals surface area contributed by atoms with Crippen LogP contribution in [0.25, 0.3) is 0 Å². The number of carbonyl (C=O) groups is 1. The van der Waals surface area contributed by atoms with Gasteiger partial charge >= 0.3 is 0 Å². The van der Waals surface area contributed by atoms with Gasteiger partial charge in [0.2, 0.25) is 0 Å². The van der Waals surface area contributed by atoms with Crippen LogP contribution >= 0.6 is 0 Å². The highest BCUT2D eigenvalue weighted by Gasteiger charge is 2.13. The van der Waals surface area contributed by atoms with Crippen LogP contribution < -0.4 is 10.1 Å². The highest BCUT2D eigenvalue weighted by Crippen LogP contribution is 2.24. The number of amides is 1. The average Bonchev–Trinajstić information content (AvgIpc) is 2.59. The Labute approximate surface area is 151 Å². The van der Waals surface area contributed by atoms with Crippen molar-refractivity contribution in [2.45, 2.75) is 52.4 Å². The summed E-state index contributed by atoms with van der Waals surface area (Å²) in [4.78, 5) is 12.1. The lowest BCUT2D eigenvalue weighted by Crippen LogP contribution is -2.20. The summed E-state index contributed by atoms with van der Waals surface area (Å²) in [6.45, 7) is 10.9. The van der Waals surface area contributed by atoms with E-state index in [2.05, 4.69) is 52.1 Å². The van der Waals surface area contributed by atoms with Crippen LogP contribution in [0.3, 0.4) is 0 Å². The molecule has 0 aromatic heterocycles. The molecule has 0 aliphatic rings. The normalized spacial score (nSPS) is 12.5. The molecule has 1 atom stereocenters. The molecule has 2 aromatic carbocycles. The van der Waals surface area contributed by atoms with Crippen LogP contribution in [0.4, 0.5) is 5.69 Å². The predicted octanol–water partition coefficient (Wildman–Crippen LogP) is 5.52. The fraction of sp³-hybridized carbons (Fsp3) is 0.409. The largest absolute Gasteiger partial charge is 0.484 e. The maximum Gasteiger partial charge on any atom is 0.262 e. The van der Waals surface area contributed by atoms with E-state index in [0.29, 0.717) is 11.7 Å². The minimum Gasteiger partial charge on any atom is -0.484 e. The van der Waals surface area contributed by atoms with Crippen molar-refractivity contribution in [2.75, 3.05) is 11.9 Å². The van der Waals surface area contributed by atoms with E-state index in [0.717, 1.165) is 12.1 Å². The maximum atomic E-state index is 12.1. The van der Waals surface area contributed by atoms with E-state index in [1.54, 1.807) is 0 Å². The Bertz CT molecular complexity index is 681. The highest BCUT2D eigenvalue weighted by atomic mass is 16.5. The molecule has 134 valence electrons. The van der Waals surface area contributed by atoms with Gasteiger partial charge in [-0.3, -0.25) is 4.79 Å². The molecule has 0 saturated carbocycles. The first-order valence-electron chi connectivity index (χ1n) is 8.92. The van der Waals surface area contributed by atoms with Crippen LogP contribution in [-0.4, -0.2) is 12.5 Å². The van der Waals surface area contributed by atoms with E-state index in [1.165, 1.54) is 11.1 Å². The SMILES string of the molecule is CCC(C)c1ccc(OCC(=O)Nc2ccc(C(C)(C)C)cc2)cc1. The molecule has 0 fully saturated rings. The molecule has 0 heterocycles. The van der Waals surface area contributed by atoms with Crippen molar-refractivity contribution < 1.29 is 9.53 Å². The van der Waals surface area contributed by atoms with Crippen molar-refractivity contribution >= 4 is 11.6 Å². The zero-order chi connectivity index (χ0) is 18.4. The summed E-state index contributed by atoms with van der Waals surface area (Å²) in [5, 5.41) is 2.87.